The van der Waals surface area contributed by atoms with Crippen LogP contribution in [-0.2, 0) is 6.42 Å². The highest BCUT2D eigenvalue weighted by Crippen LogP contribution is 2.27. The summed E-state index contributed by atoms with van der Waals surface area (Å²) in [7, 11) is 0. The van der Waals surface area contributed by atoms with Gasteiger partial charge in [0.05, 0.1) is 6.61 Å². The quantitative estimate of drug-likeness (QED) is 0.756. The number of aryl methyl sites for hydroxylation is 1. The zero-order valence-electron chi connectivity index (χ0n) is 11.3. The van der Waals surface area contributed by atoms with Crippen molar-refractivity contribution in [2.45, 2.75) is 20.3 Å². The highest BCUT2D eigenvalue weighted by molar-refractivity contribution is 7.71. The van der Waals surface area contributed by atoms with Crippen LogP contribution in [0, 0.1) is 11.7 Å². The number of aromatic amines is 2. The smallest absolute Gasteiger partial charge is 0.255 e. The molecular formula is C14H16N2O3S. The van der Waals surface area contributed by atoms with Gasteiger partial charge in [0.1, 0.15) is 0 Å². The first kappa shape index (κ1) is 14.3. The predicted molar refractivity (Wildman–Crippen MR) is 79.1 cm³/mol. The molecule has 6 heteroatoms. The monoisotopic (exact) mass is 292 g/mol. The van der Waals surface area contributed by atoms with Crippen molar-refractivity contribution in [2.75, 3.05) is 6.61 Å². The second-order valence-corrected chi connectivity index (χ2v) is 4.83. The average Bonchev–Trinajstić information content (AvgIpc) is 2.37. The molecule has 0 atom stereocenters. The third kappa shape index (κ3) is 3.08. The van der Waals surface area contributed by atoms with E-state index < -0.39 is 0 Å². The Morgan fingerprint density at radius 1 is 1.35 bits per heavy atom. The van der Waals surface area contributed by atoms with E-state index in [1.807, 2.05) is 13.8 Å². The summed E-state index contributed by atoms with van der Waals surface area (Å²) in [5.41, 5.74) is 2.04. The predicted octanol–water partition coefficient (Wildman–Crippen LogP) is 2.44. The molecule has 2 aromatic rings. The van der Waals surface area contributed by atoms with Crippen molar-refractivity contribution >= 4 is 12.2 Å². The summed E-state index contributed by atoms with van der Waals surface area (Å²) >= 11 is 4.92. The topological polar surface area (TPSA) is 78.1 Å². The number of ether oxygens (including phenoxy) is 1. The number of nitrogens with one attached hydrogen (secondary N) is 2. The van der Waals surface area contributed by atoms with Crippen LogP contribution in [0.3, 0.4) is 0 Å². The molecule has 5 nitrogen and oxygen atoms in total. The van der Waals surface area contributed by atoms with E-state index in [1.54, 1.807) is 18.2 Å². The van der Waals surface area contributed by atoms with Gasteiger partial charge in [0, 0.05) is 17.7 Å². The van der Waals surface area contributed by atoms with Crippen molar-refractivity contribution in [2.24, 2.45) is 0 Å². The Hall–Kier alpha value is -2.08. The molecule has 0 amide bonds. The van der Waals surface area contributed by atoms with Gasteiger partial charge in [-0.05, 0) is 43.8 Å². The van der Waals surface area contributed by atoms with Gasteiger partial charge in [-0.2, -0.15) is 0 Å². The summed E-state index contributed by atoms with van der Waals surface area (Å²) in [5, 5.41) is 9.66. The SMILES string of the molecule is CCOc1cc(Cc2c(C)[nH]c(=S)[nH]c2=O)ccc1O. The van der Waals surface area contributed by atoms with Crippen LogP contribution in [0.2, 0.25) is 0 Å². The van der Waals surface area contributed by atoms with Crippen molar-refractivity contribution in [3.05, 3.63) is 50.1 Å². The maximum absolute atomic E-state index is 11.9. The zero-order valence-corrected chi connectivity index (χ0v) is 12.1. The second kappa shape index (κ2) is 5.92. The van der Waals surface area contributed by atoms with Crippen molar-refractivity contribution < 1.29 is 9.84 Å². The van der Waals surface area contributed by atoms with Crippen LogP contribution in [0.1, 0.15) is 23.7 Å². The van der Waals surface area contributed by atoms with Gasteiger partial charge in [0.2, 0.25) is 0 Å². The number of phenolic OH excluding ortho intramolecular Hbond substituents is 1. The molecule has 0 fully saturated rings. The number of aromatic nitrogens is 2. The molecule has 0 aliphatic carbocycles. The minimum Gasteiger partial charge on any atom is -0.504 e. The molecule has 0 aliphatic heterocycles. The lowest BCUT2D eigenvalue weighted by molar-refractivity contribution is 0.318. The maximum Gasteiger partial charge on any atom is 0.255 e. The van der Waals surface area contributed by atoms with Crippen molar-refractivity contribution in [1.29, 1.82) is 0 Å². The maximum atomic E-state index is 11.9. The van der Waals surface area contributed by atoms with E-state index >= 15 is 0 Å². The Morgan fingerprint density at radius 2 is 2.10 bits per heavy atom. The first-order valence-corrected chi connectivity index (χ1v) is 6.69. The largest absolute Gasteiger partial charge is 0.504 e. The molecule has 106 valence electrons. The highest BCUT2D eigenvalue weighted by atomic mass is 32.1. The molecule has 1 aromatic heterocycles. The van der Waals surface area contributed by atoms with E-state index in [0.29, 0.717) is 29.1 Å². The summed E-state index contributed by atoms with van der Waals surface area (Å²) in [5.74, 6) is 0.511. The zero-order chi connectivity index (χ0) is 14.7. The van der Waals surface area contributed by atoms with E-state index in [4.69, 9.17) is 17.0 Å². The van der Waals surface area contributed by atoms with E-state index in [-0.39, 0.29) is 11.3 Å². The number of aromatic hydroxyl groups is 1. The summed E-state index contributed by atoms with van der Waals surface area (Å²) in [6, 6.07) is 5.06. The molecule has 0 saturated carbocycles. The summed E-state index contributed by atoms with van der Waals surface area (Å²) in [6.07, 6.45) is 0.438. The van der Waals surface area contributed by atoms with E-state index in [9.17, 15) is 9.90 Å². The number of H-pyrrole nitrogens is 2. The van der Waals surface area contributed by atoms with Gasteiger partial charge < -0.3 is 14.8 Å². The van der Waals surface area contributed by atoms with Gasteiger partial charge in [-0.3, -0.25) is 9.78 Å². The van der Waals surface area contributed by atoms with Crippen LogP contribution in [0.25, 0.3) is 0 Å². The molecule has 3 N–H and O–H groups in total. The van der Waals surface area contributed by atoms with Crippen LogP contribution in [0.15, 0.2) is 23.0 Å². The van der Waals surface area contributed by atoms with E-state index in [1.165, 1.54) is 0 Å². The van der Waals surface area contributed by atoms with Gasteiger partial charge in [-0.1, -0.05) is 6.07 Å². The van der Waals surface area contributed by atoms with Crippen molar-refractivity contribution in [1.82, 2.24) is 9.97 Å². The molecule has 2 rings (SSSR count). The first-order valence-electron chi connectivity index (χ1n) is 6.28. The van der Waals surface area contributed by atoms with Crippen molar-refractivity contribution in [3.63, 3.8) is 0 Å². The molecule has 0 radical (unpaired) electrons. The third-order valence-electron chi connectivity index (χ3n) is 2.96. The number of hydrogen-bond donors (Lipinski definition) is 3. The molecule has 20 heavy (non-hydrogen) atoms. The Balaban J connectivity index is 2.38. The second-order valence-electron chi connectivity index (χ2n) is 4.42. The molecule has 0 aliphatic rings. The number of phenols is 1. The molecule has 0 unspecified atom stereocenters. The van der Waals surface area contributed by atoms with Gasteiger partial charge in [-0.25, -0.2) is 0 Å². The molecule has 1 heterocycles. The van der Waals surface area contributed by atoms with Gasteiger partial charge in [-0.15, -0.1) is 0 Å². The van der Waals surface area contributed by atoms with Gasteiger partial charge in [0.25, 0.3) is 5.56 Å². The Bertz CT molecular complexity index is 734. The minimum atomic E-state index is -0.197. The summed E-state index contributed by atoms with van der Waals surface area (Å²) in [6.45, 7) is 4.12. The van der Waals surface area contributed by atoms with Crippen molar-refractivity contribution in [3.8, 4) is 11.5 Å². The van der Waals surface area contributed by atoms with Crippen LogP contribution in [0.4, 0.5) is 0 Å². The van der Waals surface area contributed by atoms with Gasteiger partial charge in [0.15, 0.2) is 16.3 Å². The molecule has 0 spiro atoms. The minimum absolute atomic E-state index is 0.0914. The Morgan fingerprint density at radius 3 is 2.75 bits per heavy atom. The fraction of sp³-hybridized carbons (Fsp3) is 0.286. The normalized spacial score (nSPS) is 10.5. The van der Waals surface area contributed by atoms with Crippen LogP contribution >= 0.6 is 12.2 Å². The summed E-state index contributed by atoms with van der Waals surface area (Å²) in [4.78, 5) is 17.4. The standard InChI is InChI=1S/C14H16N2O3S/c1-3-19-12-7-9(4-5-11(12)17)6-10-8(2)15-14(20)16-13(10)18/h4-5,7,17H,3,6H2,1-2H3,(H2,15,16,18,20). The van der Waals surface area contributed by atoms with Crippen LogP contribution < -0.4 is 10.3 Å². The first-order chi connectivity index (χ1) is 9.51. The number of hydrogen-bond acceptors (Lipinski definition) is 4. The van der Waals surface area contributed by atoms with E-state index in [2.05, 4.69) is 9.97 Å². The summed E-state index contributed by atoms with van der Waals surface area (Å²) < 4.78 is 5.65. The fourth-order valence-electron chi connectivity index (χ4n) is 1.98. The molecule has 1 aromatic carbocycles. The molecule has 0 saturated heterocycles. The lowest BCUT2D eigenvalue weighted by Crippen LogP contribution is -2.16. The number of rotatable bonds is 4. The highest BCUT2D eigenvalue weighted by Gasteiger charge is 2.09. The third-order valence-corrected chi connectivity index (χ3v) is 3.16. The Labute approximate surface area is 121 Å². The lowest BCUT2D eigenvalue weighted by atomic mass is 10.0. The van der Waals surface area contributed by atoms with E-state index in [0.717, 1.165) is 11.3 Å². The Kier molecular flexibility index (Phi) is 4.24. The fourth-order valence-corrected chi connectivity index (χ4v) is 2.23. The lowest BCUT2D eigenvalue weighted by Gasteiger charge is -2.09. The molecule has 0 bridgehead atoms. The van der Waals surface area contributed by atoms with Crippen LogP contribution in [0.5, 0.6) is 11.5 Å². The van der Waals surface area contributed by atoms with Crippen LogP contribution in [-0.4, -0.2) is 21.7 Å². The number of benzene rings is 1. The average molecular weight is 292 g/mol. The van der Waals surface area contributed by atoms with Gasteiger partial charge >= 0.3 is 0 Å². The molecular weight excluding hydrogens is 276 g/mol.